The predicted molar refractivity (Wildman–Crippen MR) is 147 cm³/mol. The second-order valence-corrected chi connectivity index (χ2v) is 10.7. The number of quaternary nitrogens is 1. The summed E-state index contributed by atoms with van der Waals surface area (Å²) in [6, 6.07) is 12.5. The number of nitrogens with one attached hydrogen (secondary N) is 2. The highest BCUT2D eigenvalue weighted by atomic mass is 32.1. The molecule has 2 saturated heterocycles. The summed E-state index contributed by atoms with van der Waals surface area (Å²) in [4.78, 5) is 45.5. The molecule has 3 aromatic rings. The minimum atomic E-state index is -0.599. The van der Waals surface area contributed by atoms with Crippen LogP contribution in [0.15, 0.2) is 47.3 Å². The van der Waals surface area contributed by atoms with Crippen molar-refractivity contribution in [2.75, 3.05) is 33.3 Å². The van der Waals surface area contributed by atoms with Gasteiger partial charge in [-0.1, -0.05) is 18.2 Å². The SMILES string of the molecule is COc1ccccc1Cn1c(=S)[nH]c2cc(C(=O)N3CCC(C(N)=O)([NH+]4CCCCC4)CC3)ccc2c1=O. The zero-order chi connectivity index (χ0) is 26.9. The quantitative estimate of drug-likeness (QED) is 0.415. The fourth-order valence-electron chi connectivity index (χ4n) is 6.04. The lowest BCUT2D eigenvalue weighted by Gasteiger charge is -2.45. The van der Waals surface area contributed by atoms with Crippen LogP contribution >= 0.6 is 12.2 Å². The lowest BCUT2D eigenvalue weighted by Crippen LogP contribution is -3.22. The number of nitrogens with zero attached hydrogens (tertiary/aromatic N) is 2. The van der Waals surface area contributed by atoms with Crippen LogP contribution in [0.1, 0.15) is 48.0 Å². The zero-order valence-electron chi connectivity index (χ0n) is 21.6. The molecule has 0 saturated carbocycles. The van der Waals surface area contributed by atoms with E-state index in [1.807, 2.05) is 24.3 Å². The molecular formula is C28H34N5O4S+. The predicted octanol–water partition coefficient (Wildman–Crippen LogP) is 1.64. The van der Waals surface area contributed by atoms with Crippen molar-refractivity contribution in [3.63, 3.8) is 0 Å². The van der Waals surface area contributed by atoms with E-state index in [9.17, 15) is 14.4 Å². The number of aromatic amines is 1. The Hall–Kier alpha value is -3.50. The maximum Gasteiger partial charge on any atom is 0.278 e. The van der Waals surface area contributed by atoms with Crippen LogP contribution in [-0.4, -0.2) is 65.1 Å². The molecule has 2 amide bonds. The molecule has 0 spiro atoms. The van der Waals surface area contributed by atoms with Crippen LogP contribution in [0.2, 0.25) is 0 Å². The van der Waals surface area contributed by atoms with Crippen molar-refractivity contribution in [3.8, 4) is 5.75 Å². The van der Waals surface area contributed by atoms with Crippen LogP contribution in [0, 0.1) is 4.77 Å². The average Bonchev–Trinajstić information content (AvgIpc) is 2.95. The first-order chi connectivity index (χ1) is 18.3. The minimum absolute atomic E-state index is 0.129. The number of ether oxygens (including phenoxy) is 1. The molecule has 2 fully saturated rings. The summed E-state index contributed by atoms with van der Waals surface area (Å²) < 4.78 is 7.18. The largest absolute Gasteiger partial charge is 0.496 e. The van der Waals surface area contributed by atoms with E-state index >= 15 is 0 Å². The Balaban J connectivity index is 1.37. The second kappa shape index (κ2) is 10.7. The Kier molecular flexibility index (Phi) is 7.36. The Labute approximate surface area is 226 Å². The maximum absolute atomic E-state index is 13.4. The van der Waals surface area contributed by atoms with Gasteiger partial charge in [0.15, 0.2) is 10.3 Å². The van der Waals surface area contributed by atoms with Gasteiger partial charge >= 0.3 is 0 Å². The van der Waals surface area contributed by atoms with Crippen molar-refractivity contribution < 1.29 is 19.2 Å². The van der Waals surface area contributed by atoms with Gasteiger partial charge in [-0.3, -0.25) is 19.0 Å². The molecule has 9 nitrogen and oxygen atoms in total. The Morgan fingerprint density at radius 1 is 1.11 bits per heavy atom. The molecule has 10 heteroatoms. The average molecular weight is 537 g/mol. The maximum atomic E-state index is 13.4. The number of rotatable bonds is 6. The number of amides is 2. The van der Waals surface area contributed by atoms with Crippen LogP contribution in [0.4, 0.5) is 0 Å². The van der Waals surface area contributed by atoms with Gasteiger partial charge in [-0.05, 0) is 55.7 Å². The molecule has 2 aliphatic rings. The number of aromatic nitrogens is 2. The van der Waals surface area contributed by atoms with E-state index in [-0.39, 0.29) is 28.7 Å². The van der Waals surface area contributed by atoms with Crippen molar-refractivity contribution in [1.29, 1.82) is 0 Å². The van der Waals surface area contributed by atoms with E-state index in [4.69, 9.17) is 22.7 Å². The molecule has 2 aliphatic heterocycles. The fraction of sp³-hybridized carbons (Fsp3) is 0.429. The summed E-state index contributed by atoms with van der Waals surface area (Å²) in [5.74, 6) is 0.291. The fourth-order valence-corrected chi connectivity index (χ4v) is 6.30. The van der Waals surface area contributed by atoms with Crippen LogP contribution < -0.4 is 20.9 Å². The van der Waals surface area contributed by atoms with Gasteiger partial charge in [0.1, 0.15) is 5.75 Å². The molecular weight excluding hydrogens is 502 g/mol. The third kappa shape index (κ3) is 4.74. The van der Waals surface area contributed by atoms with Gasteiger partial charge in [-0.25, -0.2) is 0 Å². The van der Waals surface area contributed by atoms with Crippen LogP contribution in [0.25, 0.3) is 10.9 Å². The monoisotopic (exact) mass is 536 g/mol. The molecule has 5 rings (SSSR count). The summed E-state index contributed by atoms with van der Waals surface area (Å²) in [6.07, 6.45) is 4.53. The molecule has 200 valence electrons. The highest BCUT2D eigenvalue weighted by Gasteiger charge is 2.49. The van der Waals surface area contributed by atoms with Crippen molar-refractivity contribution in [1.82, 2.24) is 14.5 Å². The van der Waals surface area contributed by atoms with Crippen molar-refractivity contribution in [2.24, 2.45) is 5.73 Å². The number of benzene rings is 2. The van der Waals surface area contributed by atoms with Gasteiger partial charge in [-0.2, -0.15) is 0 Å². The molecule has 3 heterocycles. The van der Waals surface area contributed by atoms with Gasteiger partial charge in [-0.15, -0.1) is 0 Å². The number of fused-ring (bicyclic) bond motifs is 1. The number of methoxy groups -OCH3 is 1. The lowest BCUT2D eigenvalue weighted by molar-refractivity contribution is -0.948. The molecule has 0 aliphatic carbocycles. The first kappa shape index (κ1) is 26.1. The summed E-state index contributed by atoms with van der Waals surface area (Å²) in [5, 5.41) is 0.449. The van der Waals surface area contributed by atoms with Gasteiger partial charge in [0.05, 0.1) is 37.6 Å². The van der Waals surface area contributed by atoms with Gasteiger partial charge in [0.2, 0.25) is 0 Å². The molecule has 2 aromatic carbocycles. The Bertz CT molecular complexity index is 1480. The molecule has 0 bridgehead atoms. The molecule has 0 radical (unpaired) electrons. The van der Waals surface area contributed by atoms with Crippen LogP contribution in [-0.2, 0) is 11.3 Å². The lowest BCUT2D eigenvalue weighted by atomic mass is 9.83. The van der Waals surface area contributed by atoms with Crippen molar-refractivity contribution in [2.45, 2.75) is 44.2 Å². The number of likely N-dealkylation sites (tertiary alicyclic amines) is 2. The van der Waals surface area contributed by atoms with E-state index in [2.05, 4.69) is 4.98 Å². The summed E-state index contributed by atoms with van der Waals surface area (Å²) in [6.45, 7) is 3.12. The van der Waals surface area contributed by atoms with Gasteiger partial charge in [0, 0.05) is 37.1 Å². The summed E-state index contributed by atoms with van der Waals surface area (Å²) >= 11 is 5.52. The van der Waals surface area contributed by atoms with E-state index < -0.39 is 5.54 Å². The van der Waals surface area contributed by atoms with Crippen LogP contribution in [0.3, 0.4) is 0 Å². The minimum Gasteiger partial charge on any atom is -0.496 e. The Morgan fingerprint density at radius 2 is 1.82 bits per heavy atom. The molecule has 38 heavy (non-hydrogen) atoms. The third-order valence-corrected chi connectivity index (χ3v) is 8.58. The number of H-pyrrole nitrogens is 1. The van der Waals surface area contributed by atoms with Gasteiger partial charge < -0.3 is 25.3 Å². The third-order valence-electron chi connectivity index (χ3n) is 8.26. The molecule has 1 aromatic heterocycles. The first-order valence-electron chi connectivity index (χ1n) is 13.2. The van der Waals surface area contributed by atoms with E-state index in [0.29, 0.717) is 48.1 Å². The summed E-state index contributed by atoms with van der Waals surface area (Å²) in [7, 11) is 1.59. The van der Waals surface area contributed by atoms with E-state index in [0.717, 1.165) is 31.5 Å². The normalized spacial score (nSPS) is 17.9. The number of para-hydroxylation sites is 1. The van der Waals surface area contributed by atoms with Crippen molar-refractivity contribution in [3.05, 3.63) is 68.7 Å². The molecule has 4 N–H and O–H groups in total. The smallest absolute Gasteiger partial charge is 0.278 e. The number of piperidine rings is 2. The van der Waals surface area contributed by atoms with Crippen LogP contribution in [0.5, 0.6) is 5.75 Å². The summed E-state index contributed by atoms with van der Waals surface area (Å²) in [5.41, 5.74) is 6.91. The number of nitrogens with two attached hydrogens (primary N) is 1. The number of hydrogen-bond donors (Lipinski definition) is 3. The van der Waals surface area contributed by atoms with E-state index in [1.165, 1.54) is 15.9 Å². The number of primary amides is 1. The second-order valence-electron chi connectivity index (χ2n) is 10.3. The topological polar surface area (TPSA) is 115 Å². The first-order valence-corrected chi connectivity index (χ1v) is 13.6. The molecule has 0 unspecified atom stereocenters. The number of carbonyl (C=O) groups is 2. The van der Waals surface area contributed by atoms with Crippen molar-refractivity contribution >= 4 is 34.9 Å². The number of carbonyl (C=O) groups excluding carboxylic acids is 2. The number of hydrogen-bond acceptors (Lipinski definition) is 5. The molecule has 0 atom stereocenters. The highest BCUT2D eigenvalue weighted by Crippen LogP contribution is 2.23. The highest BCUT2D eigenvalue weighted by molar-refractivity contribution is 7.71. The standard InChI is InChI=1S/C28H33N5O4S/c1-37-23-8-4-3-7-20(23)18-33-25(35)21-10-9-19(17-22(21)30-27(33)38)24(34)31-15-11-28(12-16-31,26(29)36)32-13-5-2-6-14-32/h3-4,7-10,17H,2,5-6,11-16,18H2,1H3,(H2,29,36)(H,30,38)/p+1. The van der Waals surface area contributed by atoms with Gasteiger partial charge in [0.25, 0.3) is 17.4 Å². The zero-order valence-corrected chi connectivity index (χ0v) is 22.4. The Morgan fingerprint density at radius 3 is 2.50 bits per heavy atom. The van der Waals surface area contributed by atoms with E-state index in [1.54, 1.807) is 30.2 Å².